The van der Waals surface area contributed by atoms with Gasteiger partial charge in [-0.3, -0.25) is 14.3 Å². The molecule has 1 fully saturated rings. The van der Waals surface area contributed by atoms with Crippen LogP contribution in [0.4, 0.5) is 4.39 Å². The summed E-state index contributed by atoms with van der Waals surface area (Å²) in [4.78, 5) is 29.4. The molecule has 1 atom stereocenters. The second-order valence-electron chi connectivity index (χ2n) is 8.30. The number of hydrogen-bond donors (Lipinski definition) is 0. The molecule has 31 heavy (non-hydrogen) atoms. The first-order valence-electron chi connectivity index (χ1n) is 10.9. The van der Waals surface area contributed by atoms with E-state index in [1.165, 1.54) is 12.1 Å². The predicted molar refractivity (Wildman–Crippen MR) is 113 cm³/mol. The zero-order valence-corrected chi connectivity index (χ0v) is 17.9. The molecular weight excluding hydrogens is 399 g/mol. The van der Waals surface area contributed by atoms with Crippen LogP contribution < -0.4 is 0 Å². The normalized spacial score (nSPS) is 19.3. The zero-order chi connectivity index (χ0) is 21.8. The molecule has 3 heterocycles. The molecule has 1 unspecified atom stereocenters. The van der Waals surface area contributed by atoms with E-state index in [1.807, 2.05) is 20.5 Å². The highest BCUT2D eigenvalue weighted by atomic mass is 19.1. The Morgan fingerprint density at radius 3 is 2.90 bits per heavy atom. The van der Waals surface area contributed by atoms with Crippen LogP contribution in [0.15, 0.2) is 30.3 Å². The first-order valence-corrected chi connectivity index (χ1v) is 10.9. The van der Waals surface area contributed by atoms with Gasteiger partial charge >= 0.3 is 0 Å². The molecule has 2 aliphatic heterocycles. The predicted octanol–water partition coefficient (Wildman–Crippen LogP) is 2.46. The molecule has 4 rings (SSSR count). The van der Waals surface area contributed by atoms with Gasteiger partial charge in [-0.1, -0.05) is 12.1 Å². The first kappa shape index (κ1) is 21.5. The van der Waals surface area contributed by atoms with Gasteiger partial charge in [0.05, 0.1) is 18.7 Å². The Morgan fingerprint density at radius 2 is 2.10 bits per heavy atom. The third-order valence-electron chi connectivity index (χ3n) is 6.11. The highest BCUT2D eigenvalue weighted by molar-refractivity contribution is 5.93. The van der Waals surface area contributed by atoms with Gasteiger partial charge in [-0.25, -0.2) is 4.39 Å². The van der Waals surface area contributed by atoms with Crippen LogP contribution in [0.2, 0.25) is 0 Å². The molecule has 1 aromatic heterocycles. The minimum Gasteiger partial charge on any atom is -0.383 e. The molecule has 0 aliphatic carbocycles. The summed E-state index contributed by atoms with van der Waals surface area (Å²) in [5.74, 6) is -0.239. The molecule has 7 nitrogen and oxygen atoms in total. The lowest BCUT2D eigenvalue weighted by atomic mass is 9.94. The van der Waals surface area contributed by atoms with E-state index in [2.05, 4.69) is 0 Å². The van der Waals surface area contributed by atoms with Crippen molar-refractivity contribution < 1.29 is 18.7 Å². The standard InChI is InChI=1S/C23H29FN4O3/c1-31-12-11-26-9-4-10-28-21(23(26)30)15-20(25-28)18-6-3-8-27(16-18)22(29)14-17-5-2-7-19(24)13-17/h2,5,7,13,15,18H,3-4,6,8-12,14,16H2,1H3. The Labute approximate surface area is 181 Å². The molecule has 166 valence electrons. The highest BCUT2D eigenvalue weighted by Gasteiger charge is 2.30. The van der Waals surface area contributed by atoms with Crippen LogP contribution >= 0.6 is 0 Å². The molecule has 2 aromatic rings. The molecule has 0 radical (unpaired) electrons. The number of benzene rings is 1. The lowest BCUT2D eigenvalue weighted by molar-refractivity contribution is -0.131. The van der Waals surface area contributed by atoms with Gasteiger partial charge in [0, 0.05) is 45.8 Å². The fourth-order valence-corrected chi connectivity index (χ4v) is 4.45. The summed E-state index contributed by atoms with van der Waals surface area (Å²) in [6, 6.07) is 8.09. The van der Waals surface area contributed by atoms with Crippen molar-refractivity contribution in [2.75, 3.05) is 39.9 Å². The number of piperidine rings is 1. The maximum atomic E-state index is 13.4. The molecular formula is C23H29FN4O3. The van der Waals surface area contributed by atoms with Crippen molar-refractivity contribution in [3.05, 3.63) is 53.1 Å². The van der Waals surface area contributed by atoms with Crippen LogP contribution in [0.3, 0.4) is 0 Å². The van der Waals surface area contributed by atoms with Gasteiger partial charge in [-0.15, -0.1) is 0 Å². The number of hydrogen-bond acceptors (Lipinski definition) is 4. The Bertz CT molecular complexity index is 945. The van der Waals surface area contributed by atoms with Gasteiger partial charge in [0.1, 0.15) is 11.5 Å². The number of aromatic nitrogens is 2. The highest BCUT2D eigenvalue weighted by Crippen LogP contribution is 2.28. The van der Waals surface area contributed by atoms with E-state index in [0.29, 0.717) is 50.6 Å². The van der Waals surface area contributed by atoms with E-state index in [4.69, 9.17) is 9.84 Å². The van der Waals surface area contributed by atoms with Gasteiger partial charge in [0.2, 0.25) is 5.91 Å². The smallest absolute Gasteiger partial charge is 0.272 e. The summed E-state index contributed by atoms with van der Waals surface area (Å²) in [5, 5.41) is 4.74. The fourth-order valence-electron chi connectivity index (χ4n) is 4.45. The monoisotopic (exact) mass is 428 g/mol. The van der Waals surface area contributed by atoms with Gasteiger partial charge in [-0.2, -0.15) is 5.10 Å². The number of fused-ring (bicyclic) bond motifs is 1. The summed E-state index contributed by atoms with van der Waals surface area (Å²) < 4.78 is 20.4. The SMILES string of the molecule is COCCN1CCCn2nc(C3CCCN(C(=O)Cc4cccc(F)c4)C3)cc2C1=O. The van der Waals surface area contributed by atoms with Crippen molar-refractivity contribution in [1.82, 2.24) is 19.6 Å². The van der Waals surface area contributed by atoms with Crippen LogP contribution in [0.5, 0.6) is 0 Å². The number of aryl methyl sites for hydroxylation is 1. The molecule has 2 aliphatic rings. The third kappa shape index (κ3) is 4.95. The van der Waals surface area contributed by atoms with E-state index >= 15 is 0 Å². The van der Waals surface area contributed by atoms with E-state index in [-0.39, 0.29) is 30.0 Å². The Balaban J connectivity index is 1.45. The summed E-state index contributed by atoms with van der Waals surface area (Å²) >= 11 is 0. The third-order valence-corrected chi connectivity index (χ3v) is 6.11. The number of ether oxygens (including phenoxy) is 1. The van der Waals surface area contributed by atoms with Crippen LogP contribution in [-0.4, -0.2) is 71.3 Å². The fraction of sp³-hybridized carbons (Fsp3) is 0.522. The van der Waals surface area contributed by atoms with Crippen molar-refractivity contribution >= 4 is 11.8 Å². The number of carbonyl (C=O) groups is 2. The van der Waals surface area contributed by atoms with Crippen molar-refractivity contribution in [3.63, 3.8) is 0 Å². The summed E-state index contributed by atoms with van der Waals surface area (Å²) in [7, 11) is 1.63. The van der Waals surface area contributed by atoms with Gasteiger partial charge in [0.15, 0.2) is 0 Å². The van der Waals surface area contributed by atoms with Crippen LogP contribution in [0.1, 0.15) is 46.9 Å². The van der Waals surface area contributed by atoms with E-state index in [0.717, 1.165) is 25.0 Å². The van der Waals surface area contributed by atoms with Crippen molar-refractivity contribution in [3.8, 4) is 0 Å². The van der Waals surface area contributed by atoms with Crippen molar-refractivity contribution in [1.29, 1.82) is 0 Å². The van der Waals surface area contributed by atoms with Gasteiger partial charge in [0.25, 0.3) is 5.91 Å². The summed E-state index contributed by atoms with van der Waals surface area (Å²) in [6.45, 7) is 3.76. The van der Waals surface area contributed by atoms with Crippen LogP contribution in [0.25, 0.3) is 0 Å². The quantitative estimate of drug-likeness (QED) is 0.709. The largest absolute Gasteiger partial charge is 0.383 e. The lowest BCUT2D eigenvalue weighted by Crippen LogP contribution is -2.40. The molecule has 0 N–H and O–H groups in total. The number of carbonyl (C=O) groups excluding carboxylic acids is 2. The average molecular weight is 429 g/mol. The second-order valence-corrected chi connectivity index (χ2v) is 8.30. The number of nitrogens with zero attached hydrogens (tertiary/aromatic N) is 4. The van der Waals surface area contributed by atoms with E-state index in [9.17, 15) is 14.0 Å². The van der Waals surface area contributed by atoms with E-state index < -0.39 is 0 Å². The number of likely N-dealkylation sites (tertiary alicyclic amines) is 1. The average Bonchev–Trinajstić information content (AvgIpc) is 3.14. The molecule has 2 amide bonds. The number of amides is 2. The topological polar surface area (TPSA) is 67.7 Å². The Kier molecular flexibility index (Phi) is 6.65. The van der Waals surface area contributed by atoms with E-state index in [1.54, 1.807) is 19.2 Å². The molecule has 0 bridgehead atoms. The molecule has 0 spiro atoms. The second kappa shape index (κ2) is 9.60. The minimum absolute atomic E-state index is 0.00195. The lowest BCUT2D eigenvalue weighted by Gasteiger charge is -2.32. The summed E-state index contributed by atoms with van der Waals surface area (Å²) in [5.41, 5.74) is 2.18. The summed E-state index contributed by atoms with van der Waals surface area (Å²) in [6.07, 6.45) is 2.86. The van der Waals surface area contributed by atoms with Crippen LogP contribution in [-0.2, 0) is 22.5 Å². The molecule has 1 aromatic carbocycles. The molecule has 0 saturated carbocycles. The Hall–Kier alpha value is -2.74. The minimum atomic E-state index is -0.328. The number of rotatable bonds is 6. The zero-order valence-electron chi connectivity index (χ0n) is 17.9. The van der Waals surface area contributed by atoms with Crippen LogP contribution in [0, 0.1) is 5.82 Å². The first-order chi connectivity index (χ1) is 15.0. The molecule has 8 heteroatoms. The number of methoxy groups -OCH3 is 1. The maximum absolute atomic E-state index is 13.4. The van der Waals surface area contributed by atoms with Crippen molar-refractivity contribution in [2.24, 2.45) is 0 Å². The molecule has 1 saturated heterocycles. The Morgan fingerprint density at radius 1 is 1.23 bits per heavy atom. The number of halogens is 1. The van der Waals surface area contributed by atoms with Gasteiger partial charge in [-0.05, 0) is 43.0 Å². The van der Waals surface area contributed by atoms with Gasteiger partial charge < -0.3 is 14.5 Å². The maximum Gasteiger partial charge on any atom is 0.272 e. The van der Waals surface area contributed by atoms with Crippen molar-refractivity contribution in [2.45, 2.75) is 38.1 Å².